The van der Waals surface area contributed by atoms with Gasteiger partial charge in [0.1, 0.15) is 0 Å². The van der Waals surface area contributed by atoms with E-state index in [9.17, 15) is 5.11 Å². The molecule has 6 heteroatoms. The summed E-state index contributed by atoms with van der Waals surface area (Å²) in [6.45, 7) is 2.24. The smallest absolute Gasteiger partial charge is 0.244 e. The van der Waals surface area contributed by atoms with E-state index in [-0.39, 0.29) is 12.1 Å². The number of aromatic nitrogens is 2. The van der Waals surface area contributed by atoms with Crippen molar-refractivity contribution in [3.63, 3.8) is 0 Å². The second-order valence-electron chi connectivity index (χ2n) is 6.66. The second kappa shape index (κ2) is 7.01. The van der Waals surface area contributed by atoms with Gasteiger partial charge in [-0.15, -0.1) is 0 Å². The number of hydrogen-bond donors (Lipinski definition) is 1. The van der Waals surface area contributed by atoms with Gasteiger partial charge in [-0.2, -0.15) is 4.98 Å². The largest absolute Gasteiger partial charge is 0.392 e. The number of nitrogens with zero attached hydrogens (tertiary/aromatic N) is 3. The molecule has 0 radical (unpaired) electrons. The molecule has 0 unspecified atom stereocenters. The Morgan fingerprint density at radius 1 is 1.17 bits per heavy atom. The molecule has 2 saturated heterocycles. The van der Waals surface area contributed by atoms with Gasteiger partial charge in [0.2, 0.25) is 5.89 Å². The van der Waals surface area contributed by atoms with Crippen molar-refractivity contribution < 1.29 is 14.4 Å². The fraction of sp³-hybridized carbons (Fsp3) is 0.556. The molecular formula is C18H23N3O3. The number of rotatable bonds is 4. The lowest BCUT2D eigenvalue weighted by atomic mass is 10.1. The third-order valence-electron chi connectivity index (χ3n) is 4.95. The Bertz CT molecular complexity index is 655. The number of aliphatic hydroxyl groups excluding tert-OH is 1. The Labute approximate surface area is 141 Å². The second-order valence-corrected chi connectivity index (χ2v) is 6.66. The summed E-state index contributed by atoms with van der Waals surface area (Å²) in [7, 11) is 0. The quantitative estimate of drug-likeness (QED) is 0.924. The number of ether oxygens (including phenoxy) is 1. The van der Waals surface area contributed by atoms with Gasteiger partial charge in [0.15, 0.2) is 5.82 Å². The first kappa shape index (κ1) is 15.7. The van der Waals surface area contributed by atoms with Gasteiger partial charge in [0.05, 0.1) is 12.1 Å². The summed E-state index contributed by atoms with van der Waals surface area (Å²) in [5.74, 6) is 1.33. The minimum atomic E-state index is -0.331. The maximum atomic E-state index is 10.1. The molecule has 2 atom stereocenters. The molecule has 2 fully saturated rings. The highest BCUT2D eigenvalue weighted by Crippen LogP contribution is 2.35. The number of likely N-dealkylation sites (tertiary alicyclic amines) is 1. The zero-order valence-electron chi connectivity index (χ0n) is 13.7. The van der Waals surface area contributed by atoms with Crippen LogP contribution in [0, 0.1) is 0 Å². The summed E-state index contributed by atoms with van der Waals surface area (Å²) in [6, 6.07) is 10.6. The van der Waals surface area contributed by atoms with E-state index in [0.717, 1.165) is 31.6 Å². The van der Waals surface area contributed by atoms with Crippen molar-refractivity contribution in [2.75, 3.05) is 19.8 Å². The molecule has 1 N–H and O–H groups in total. The fourth-order valence-electron chi connectivity index (χ4n) is 3.75. The van der Waals surface area contributed by atoms with Crippen molar-refractivity contribution in [1.82, 2.24) is 15.0 Å². The minimum absolute atomic E-state index is 0.0140. The predicted molar refractivity (Wildman–Crippen MR) is 87.5 cm³/mol. The summed E-state index contributed by atoms with van der Waals surface area (Å²) in [6.07, 6.45) is 2.98. The maximum Gasteiger partial charge on any atom is 0.244 e. The van der Waals surface area contributed by atoms with Crippen LogP contribution in [0.4, 0.5) is 0 Å². The lowest BCUT2D eigenvalue weighted by Gasteiger charge is -2.33. The van der Waals surface area contributed by atoms with E-state index in [1.54, 1.807) is 0 Å². The van der Waals surface area contributed by atoms with E-state index >= 15 is 0 Å². The van der Waals surface area contributed by atoms with Gasteiger partial charge < -0.3 is 14.4 Å². The molecule has 4 rings (SSSR count). The van der Waals surface area contributed by atoms with Crippen molar-refractivity contribution in [3.8, 4) is 0 Å². The Morgan fingerprint density at radius 2 is 1.96 bits per heavy atom. The van der Waals surface area contributed by atoms with E-state index in [0.29, 0.717) is 37.1 Å². The first-order chi connectivity index (χ1) is 11.8. The molecular weight excluding hydrogens is 306 g/mol. The van der Waals surface area contributed by atoms with Gasteiger partial charge >= 0.3 is 0 Å². The fourth-order valence-corrected chi connectivity index (χ4v) is 3.75. The minimum Gasteiger partial charge on any atom is -0.392 e. The highest BCUT2D eigenvalue weighted by molar-refractivity contribution is 5.18. The molecule has 1 aromatic carbocycles. The van der Waals surface area contributed by atoms with Crippen LogP contribution in [-0.2, 0) is 11.2 Å². The summed E-state index contributed by atoms with van der Waals surface area (Å²) < 4.78 is 11.0. The summed E-state index contributed by atoms with van der Waals surface area (Å²) in [5.41, 5.74) is 1.16. The zero-order valence-corrected chi connectivity index (χ0v) is 13.7. The van der Waals surface area contributed by atoms with Crippen molar-refractivity contribution in [3.05, 3.63) is 47.6 Å². The maximum absolute atomic E-state index is 10.1. The van der Waals surface area contributed by atoms with Gasteiger partial charge in [0.25, 0.3) is 0 Å². The monoisotopic (exact) mass is 329 g/mol. The number of aliphatic hydroxyl groups is 1. The topological polar surface area (TPSA) is 71.6 Å². The lowest BCUT2D eigenvalue weighted by molar-refractivity contribution is 0.0214. The van der Waals surface area contributed by atoms with E-state index < -0.39 is 0 Å². The van der Waals surface area contributed by atoms with Crippen molar-refractivity contribution in [2.24, 2.45) is 0 Å². The molecule has 0 aliphatic carbocycles. The van der Waals surface area contributed by atoms with Crippen molar-refractivity contribution >= 4 is 0 Å². The van der Waals surface area contributed by atoms with Crippen molar-refractivity contribution in [1.29, 1.82) is 0 Å². The highest BCUT2D eigenvalue weighted by Gasteiger charge is 2.40. The van der Waals surface area contributed by atoms with Crippen LogP contribution >= 0.6 is 0 Å². The van der Waals surface area contributed by atoms with E-state index in [1.165, 1.54) is 0 Å². The van der Waals surface area contributed by atoms with Gasteiger partial charge in [-0.25, -0.2) is 0 Å². The van der Waals surface area contributed by atoms with Crippen LogP contribution in [-0.4, -0.2) is 52.1 Å². The molecule has 2 aliphatic rings. The van der Waals surface area contributed by atoms with Gasteiger partial charge in [-0.1, -0.05) is 35.5 Å². The van der Waals surface area contributed by atoms with E-state index in [4.69, 9.17) is 9.26 Å². The molecule has 3 heterocycles. The van der Waals surface area contributed by atoms with Crippen LogP contribution in [0.2, 0.25) is 0 Å². The molecule has 0 amide bonds. The molecule has 2 aliphatic heterocycles. The van der Waals surface area contributed by atoms with Crippen LogP contribution in [0.25, 0.3) is 0 Å². The van der Waals surface area contributed by atoms with Gasteiger partial charge in [-0.05, 0) is 24.8 Å². The first-order valence-electron chi connectivity index (χ1n) is 8.67. The van der Waals surface area contributed by atoms with Crippen LogP contribution in [0.15, 0.2) is 34.9 Å². The number of hydrogen-bond acceptors (Lipinski definition) is 6. The summed E-state index contributed by atoms with van der Waals surface area (Å²) in [4.78, 5) is 6.93. The first-order valence-corrected chi connectivity index (χ1v) is 8.67. The molecule has 0 saturated carbocycles. The summed E-state index contributed by atoms with van der Waals surface area (Å²) in [5, 5.41) is 14.3. The normalized spacial score (nSPS) is 26.0. The average Bonchev–Trinajstić information content (AvgIpc) is 3.23. The number of β-amino-alcohol motifs (C(OH)–C–C–N with tert-alkyl or cyclic N) is 1. The van der Waals surface area contributed by atoms with Crippen LogP contribution in [0.3, 0.4) is 0 Å². The molecule has 0 bridgehead atoms. The van der Waals surface area contributed by atoms with Gasteiger partial charge in [0, 0.05) is 32.2 Å². The molecule has 24 heavy (non-hydrogen) atoms. The lowest BCUT2D eigenvalue weighted by Crippen LogP contribution is -2.39. The standard InChI is InChI=1S/C18H23N3O3/c22-15-11-16(21(12-15)14-6-8-23-9-7-14)18-19-17(20-24-18)10-13-4-2-1-3-5-13/h1-5,14-16,22H,6-12H2/t15-,16+/m1/s1. The third-order valence-corrected chi connectivity index (χ3v) is 4.95. The van der Waals surface area contributed by atoms with Crippen molar-refractivity contribution in [2.45, 2.75) is 43.9 Å². The molecule has 2 aromatic rings. The molecule has 6 nitrogen and oxygen atoms in total. The Hall–Kier alpha value is -1.76. The Balaban J connectivity index is 1.49. The van der Waals surface area contributed by atoms with Crippen LogP contribution < -0.4 is 0 Å². The van der Waals surface area contributed by atoms with Gasteiger partial charge in [-0.3, -0.25) is 4.90 Å². The zero-order chi connectivity index (χ0) is 16.4. The molecule has 1 aromatic heterocycles. The average molecular weight is 329 g/mol. The van der Waals surface area contributed by atoms with E-state index in [2.05, 4.69) is 27.2 Å². The molecule has 0 spiro atoms. The predicted octanol–water partition coefficient (Wildman–Crippen LogP) is 1.95. The van der Waals surface area contributed by atoms with E-state index in [1.807, 2.05) is 18.2 Å². The van der Waals surface area contributed by atoms with Crippen LogP contribution in [0.5, 0.6) is 0 Å². The Kier molecular flexibility index (Phi) is 4.60. The molecule has 128 valence electrons. The Morgan fingerprint density at radius 3 is 2.75 bits per heavy atom. The number of benzene rings is 1. The highest BCUT2D eigenvalue weighted by atomic mass is 16.5. The van der Waals surface area contributed by atoms with Crippen LogP contribution in [0.1, 0.15) is 42.6 Å². The third kappa shape index (κ3) is 3.36. The summed E-state index contributed by atoms with van der Waals surface area (Å²) >= 11 is 0. The SMILES string of the molecule is O[C@@H]1C[C@@H](c2nc(Cc3ccccc3)no2)N(C2CCOCC2)C1.